The summed E-state index contributed by atoms with van der Waals surface area (Å²) in [4.78, 5) is 36.8. The molecule has 0 spiro atoms. The van der Waals surface area contributed by atoms with Crippen LogP contribution in [0.3, 0.4) is 0 Å². The first-order chi connectivity index (χ1) is 11.4. The van der Waals surface area contributed by atoms with E-state index in [0.29, 0.717) is 0 Å². The second-order valence-corrected chi connectivity index (χ2v) is 5.99. The smallest absolute Gasteiger partial charge is 0.310 e. The minimum absolute atomic E-state index is 0.0152. The van der Waals surface area contributed by atoms with Gasteiger partial charge in [-0.3, -0.25) is 14.4 Å². The summed E-state index contributed by atoms with van der Waals surface area (Å²) in [5.41, 5.74) is -0.318. The van der Waals surface area contributed by atoms with Gasteiger partial charge in [0.15, 0.2) is 11.6 Å². The number of hydrogen-bond acceptors (Lipinski definition) is 6. The van der Waals surface area contributed by atoms with E-state index in [2.05, 4.69) is 20.7 Å². The summed E-state index contributed by atoms with van der Waals surface area (Å²) in [5, 5.41) is 20.8. The Morgan fingerprint density at radius 1 is 1.04 bits per heavy atom. The van der Waals surface area contributed by atoms with Gasteiger partial charge in [-0.1, -0.05) is 24.3 Å². The molecule has 0 aromatic heterocycles. The van der Waals surface area contributed by atoms with Crippen LogP contribution in [-0.2, 0) is 16.0 Å². The summed E-state index contributed by atoms with van der Waals surface area (Å²) >= 11 is 3.07. The van der Waals surface area contributed by atoms with Gasteiger partial charge in [-0.2, -0.15) is 0 Å². The first kappa shape index (κ1) is 16.2. The van der Waals surface area contributed by atoms with Gasteiger partial charge in [0, 0.05) is 16.7 Å². The predicted molar refractivity (Wildman–Crippen MR) is 86.5 cm³/mol. The molecule has 0 fully saturated rings. The van der Waals surface area contributed by atoms with Crippen LogP contribution in [0, 0.1) is 0 Å². The maximum absolute atomic E-state index is 12.7. The molecule has 2 aromatic rings. The Hall–Kier alpha value is -2.67. The summed E-state index contributed by atoms with van der Waals surface area (Å²) in [5.74, 6) is -2.84. The first-order valence-corrected chi connectivity index (χ1v) is 7.69. The zero-order valence-electron chi connectivity index (χ0n) is 12.4. The molecule has 7 heteroatoms. The fraction of sp³-hybridized carbons (Fsp3) is 0.118. The molecule has 0 bridgehead atoms. The number of carbonyl (C=O) groups is 3. The monoisotopic (exact) mass is 390 g/mol. The molecule has 1 aliphatic rings. The Balaban J connectivity index is 2.31. The van der Waals surface area contributed by atoms with Crippen LogP contribution < -0.4 is 0 Å². The number of ketones is 2. The Labute approximate surface area is 144 Å². The lowest BCUT2D eigenvalue weighted by Gasteiger charge is -2.22. The summed E-state index contributed by atoms with van der Waals surface area (Å²) in [6.45, 7) is 0. The molecule has 0 saturated heterocycles. The number of hydrogen-bond donors (Lipinski definition) is 2. The van der Waals surface area contributed by atoms with E-state index in [1.165, 1.54) is 19.2 Å². The maximum Gasteiger partial charge on any atom is 0.310 e. The van der Waals surface area contributed by atoms with Crippen LogP contribution in [0.5, 0.6) is 11.5 Å². The predicted octanol–water partition coefficient (Wildman–Crippen LogP) is 2.35. The van der Waals surface area contributed by atoms with E-state index in [1.54, 1.807) is 12.1 Å². The van der Waals surface area contributed by atoms with Crippen molar-refractivity contribution < 1.29 is 29.3 Å². The van der Waals surface area contributed by atoms with Gasteiger partial charge in [0.1, 0.15) is 11.5 Å². The highest BCUT2D eigenvalue weighted by atomic mass is 79.9. The summed E-state index contributed by atoms with van der Waals surface area (Å²) in [7, 11) is 1.18. The summed E-state index contributed by atoms with van der Waals surface area (Å²) < 4.78 is 4.52. The van der Waals surface area contributed by atoms with Crippen molar-refractivity contribution in [3.8, 4) is 11.5 Å². The minimum atomic E-state index is -0.666. The maximum atomic E-state index is 12.7. The third-order valence-corrected chi connectivity index (χ3v) is 4.76. The molecule has 1 aliphatic carbocycles. The number of phenolic OH excluding ortho intramolecular Hbond substituents is 2. The molecule has 3 rings (SSSR count). The molecule has 0 amide bonds. The van der Waals surface area contributed by atoms with Crippen LogP contribution in [0.2, 0.25) is 0 Å². The molecule has 2 aromatic carbocycles. The number of carbonyl (C=O) groups excluding carboxylic acids is 3. The average molecular weight is 391 g/mol. The highest BCUT2D eigenvalue weighted by molar-refractivity contribution is 9.10. The zero-order chi connectivity index (χ0) is 17.6. The second-order valence-electron chi connectivity index (χ2n) is 5.20. The molecule has 0 unspecified atom stereocenters. The summed E-state index contributed by atoms with van der Waals surface area (Å²) in [6.07, 6.45) is -0.368. The molecule has 0 saturated carbocycles. The molecule has 24 heavy (non-hydrogen) atoms. The van der Waals surface area contributed by atoms with E-state index < -0.39 is 29.0 Å². The van der Waals surface area contributed by atoms with Crippen molar-refractivity contribution in [2.45, 2.75) is 6.42 Å². The topological polar surface area (TPSA) is 101 Å². The van der Waals surface area contributed by atoms with E-state index in [-0.39, 0.29) is 38.7 Å². The molecule has 6 nitrogen and oxygen atoms in total. The number of fused-ring (bicyclic) bond motifs is 2. The number of methoxy groups -OCH3 is 1. The fourth-order valence-corrected chi connectivity index (χ4v) is 3.24. The molecular formula is C17H11BrO6. The molecular weight excluding hydrogens is 380 g/mol. The molecule has 0 radical (unpaired) electrons. The van der Waals surface area contributed by atoms with Gasteiger partial charge < -0.3 is 14.9 Å². The number of halogens is 1. The van der Waals surface area contributed by atoms with E-state index in [1.807, 2.05) is 0 Å². The number of esters is 1. The van der Waals surface area contributed by atoms with Gasteiger partial charge in [-0.25, -0.2) is 0 Å². The lowest BCUT2D eigenvalue weighted by Crippen LogP contribution is -2.22. The largest absolute Gasteiger partial charge is 0.507 e. The Kier molecular flexibility index (Phi) is 3.88. The standard InChI is InChI=1S/C17H11BrO6/c1-24-10(19)6-9-13(18)17(23)12-11(16(9)22)14(20)7-4-2-3-5-8(7)15(12)21/h2-5,22-23H,6H2,1H3. The van der Waals surface area contributed by atoms with Gasteiger partial charge in [0.05, 0.1) is 29.1 Å². The molecule has 2 N–H and O–H groups in total. The van der Waals surface area contributed by atoms with Crippen molar-refractivity contribution in [3.63, 3.8) is 0 Å². The number of benzene rings is 2. The Morgan fingerprint density at radius 2 is 1.54 bits per heavy atom. The lowest BCUT2D eigenvalue weighted by atomic mass is 9.82. The Bertz CT molecular complexity index is 916. The number of phenols is 2. The van der Waals surface area contributed by atoms with E-state index in [4.69, 9.17) is 0 Å². The average Bonchev–Trinajstić information content (AvgIpc) is 2.59. The fourth-order valence-electron chi connectivity index (χ4n) is 2.71. The summed E-state index contributed by atoms with van der Waals surface area (Å²) in [6, 6.07) is 6.15. The van der Waals surface area contributed by atoms with Crippen LogP contribution in [0.1, 0.15) is 37.4 Å². The zero-order valence-corrected chi connectivity index (χ0v) is 14.0. The Morgan fingerprint density at radius 3 is 2.04 bits per heavy atom. The van der Waals surface area contributed by atoms with Gasteiger partial charge in [0.2, 0.25) is 0 Å². The van der Waals surface area contributed by atoms with Crippen molar-refractivity contribution in [3.05, 3.63) is 56.6 Å². The molecule has 0 heterocycles. The van der Waals surface area contributed by atoms with Crippen molar-refractivity contribution in [1.29, 1.82) is 0 Å². The van der Waals surface area contributed by atoms with E-state index in [0.717, 1.165) is 0 Å². The van der Waals surface area contributed by atoms with Crippen molar-refractivity contribution in [2.75, 3.05) is 7.11 Å². The van der Waals surface area contributed by atoms with Crippen molar-refractivity contribution in [2.24, 2.45) is 0 Å². The number of ether oxygens (including phenoxy) is 1. The van der Waals surface area contributed by atoms with Gasteiger partial charge in [-0.15, -0.1) is 0 Å². The normalized spacial score (nSPS) is 12.6. The third-order valence-electron chi connectivity index (χ3n) is 3.90. The highest BCUT2D eigenvalue weighted by Gasteiger charge is 2.37. The van der Waals surface area contributed by atoms with Gasteiger partial charge >= 0.3 is 5.97 Å². The first-order valence-electron chi connectivity index (χ1n) is 6.90. The number of aromatic hydroxyl groups is 2. The molecule has 0 atom stereocenters. The van der Waals surface area contributed by atoms with Crippen LogP contribution in [0.25, 0.3) is 0 Å². The second kappa shape index (κ2) is 5.76. The SMILES string of the molecule is COC(=O)Cc1c(O)c2c(c(O)c1Br)C(=O)c1ccccc1C2=O. The van der Waals surface area contributed by atoms with Crippen LogP contribution in [0.4, 0.5) is 0 Å². The number of rotatable bonds is 2. The lowest BCUT2D eigenvalue weighted by molar-refractivity contribution is -0.139. The molecule has 122 valence electrons. The van der Waals surface area contributed by atoms with Crippen molar-refractivity contribution in [1.82, 2.24) is 0 Å². The van der Waals surface area contributed by atoms with E-state index >= 15 is 0 Å². The minimum Gasteiger partial charge on any atom is -0.507 e. The molecule has 0 aliphatic heterocycles. The van der Waals surface area contributed by atoms with Crippen LogP contribution in [0.15, 0.2) is 28.7 Å². The highest BCUT2D eigenvalue weighted by Crippen LogP contribution is 2.45. The quantitative estimate of drug-likeness (QED) is 0.514. The third kappa shape index (κ3) is 2.20. The van der Waals surface area contributed by atoms with Crippen molar-refractivity contribution >= 4 is 33.5 Å². The van der Waals surface area contributed by atoms with Gasteiger partial charge in [0.25, 0.3) is 0 Å². The van der Waals surface area contributed by atoms with Crippen LogP contribution in [-0.4, -0.2) is 34.9 Å². The van der Waals surface area contributed by atoms with Crippen LogP contribution >= 0.6 is 15.9 Å². The van der Waals surface area contributed by atoms with Gasteiger partial charge in [-0.05, 0) is 15.9 Å². The van der Waals surface area contributed by atoms with E-state index in [9.17, 15) is 24.6 Å².